The summed E-state index contributed by atoms with van der Waals surface area (Å²) >= 11 is 5.72. The Morgan fingerprint density at radius 3 is 2.70 bits per heavy atom. The van der Waals surface area contributed by atoms with Crippen molar-refractivity contribution in [2.75, 3.05) is 25.0 Å². The van der Waals surface area contributed by atoms with E-state index in [2.05, 4.69) is 15.7 Å². The fourth-order valence-electron chi connectivity index (χ4n) is 3.02. The average molecular weight is 394 g/mol. The summed E-state index contributed by atoms with van der Waals surface area (Å²) in [5.41, 5.74) is 1.00. The van der Waals surface area contributed by atoms with Gasteiger partial charge in [0, 0.05) is 38.1 Å². The summed E-state index contributed by atoms with van der Waals surface area (Å²) in [6.07, 6.45) is 4.75. The van der Waals surface area contributed by atoms with Crippen molar-refractivity contribution >= 4 is 29.1 Å². The van der Waals surface area contributed by atoms with Crippen molar-refractivity contribution in [3.8, 4) is 0 Å². The zero-order chi connectivity index (χ0) is 19.4. The third kappa shape index (κ3) is 5.27. The Balaban J connectivity index is 1.43. The molecule has 2 aromatic rings. The van der Waals surface area contributed by atoms with E-state index in [1.807, 2.05) is 4.90 Å². The van der Waals surface area contributed by atoms with E-state index in [1.165, 1.54) is 24.4 Å². The minimum atomic E-state index is -0.523. The molecule has 1 aromatic carbocycles. The first-order valence-corrected chi connectivity index (χ1v) is 9.05. The number of carbonyl (C=O) groups excluding carboxylic acids is 2. The maximum absolute atomic E-state index is 13.2. The van der Waals surface area contributed by atoms with Crippen LogP contribution in [0, 0.1) is 5.82 Å². The van der Waals surface area contributed by atoms with Crippen LogP contribution in [0.25, 0.3) is 0 Å². The maximum atomic E-state index is 13.2. The van der Waals surface area contributed by atoms with Crippen molar-refractivity contribution in [1.82, 2.24) is 20.0 Å². The van der Waals surface area contributed by atoms with Gasteiger partial charge in [0.05, 0.1) is 23.3 Å². The van der Waals surface area contributed by atoms with Crippen LogP contribution in [-0.2, 0) is 11.8 Å². The van der Waals surface area contributed by atoms with Gasteiger partial charge in [-0.1, -0.05) is 11.6 Å². The van der Waals surface area contributed by atoms with Gasteiger partial charge < -0.3 is 10.6 Å². The number of rotatable bonds is 5. The molecule has 0 atom stereocenters. The van der Waals surface area contributed by atoms with Gasteiger partial charge in [0.2, 0.25) is 5.91 Å². The van der Waals surface area contributed by atoms with Crippen molar-refractivity contribution in [3.05, 3.63) is 47.0 Å². The summed E-state index contributed by atoms with van der Waals surface area (Å²) in [4.78, 5) is 26.3. The number of piperidine rings is 1. The smallest absolute Gasteiger partial charge is 0.254 e. The Morgan fingerprint density at radius 2 is 2.07 bits per heavy atom. The number of nitrogens with zero attached hydrogens (tertiary/aromatic N) is 3. The highest BCUT2D eigenvalue weighted by Gasteiger charge is 2.23. The summed E-state index contributed by atoms with van der Waals surface area (Å²) in [6.45, 7) is 1.64. The van der Waals surface area contributed by atoms with Gasteiger partial charge in [-0.3, -0.25) is 19.2 Å². The SMILES string of the molecule is Cn1cc(C(=O)NC2CCN(CC(=O)Nc3ccc(F)c(Cl)c3)CC2)cn1. The molecule has 0 radical (unpaired) electrons. The molecule has 2 amide bonds. The first-order valence-electron chi connectivity index (χ1n) is 8.67. The molecule has 1 aliphatic rings. The Kier molecular flexibility index (Phi) is 6.08. The zero-order valence-electron chi connectivity index (χ0n) is 14.9. The second kappa shape index (κ2) is 8.49. The third-order valence-electron chi connectivity index (χ3n) is 4.46. The predicted molar refractivity (Wildman–Crippen MR) is 100 cm³/mol. The van der Waals surface area contributed by atoms with E-state index in [0.29, 0.717) is 24.3 Å². The van der Waals surface area contributed by atoms with E-state index in [9.17, 15) is 14.0 Å². The second-order valence-electron chi connectivity index (χ2n) is 6.60. The number of nitrogens with one attached hydrogen (secondary N) is 2. The van der Waals surface area contributed by atoms with Crippen LogP contribution >= 0.6 is 11.6 Å². The molecule has 0 spiro atoms. The number of aromatic nitrogens is 2. The summed E-state index contributed by atoms with van der Waals surface area (Å²) in [5.74, 6) is -0.840. The monoisotopic (exact) mass is 393 g/mol. The molecule has 27 heavy (non-hydrogen) atoms. The zero-order valence-corrected chi connectivity index (χ0v) is 15.7. The molecule has 1 fully saturated rings. The number of carbonyl (C=O) groups is 2. The van der Waals surface area contributed by atoms with E-state index in [4.69, 9.17) is 11.6 Å². The molecule has 1 aliphatic heterocycles. The Labute approximate surface area is 161 Å². The lowest BCUT2D eigenvalue weighted by atomic mass is 10.0. The lowest BCUT2D eigenvalue weighted by molar-refractivity contribution is -0.117. The minimum Gasteiger partial charge on any atom is -0.349 e. The van der Waals surface area contributed by atoms with Gasteiger partial charge in [-0.15, -0.1) is 0 Å². The van der Waals surface area contributed by atoms with Crippen molar-refractivity contribution in [1.29, 1.82) is 0 Å². The molecule has 0 bridgehead atoms. The highest BCUT2D eigenvalue weighted by Crippen LogP contribution is 2.19. The molecule has 2 N–H and O–H groups in total. The highest BCUT2D eigenvalue weighted by molar-refractivity contribution is 6.31. The van der Waals surface area contributed by atoms with Crippen LogP contribution in [0.5, 0.6) is 0 Å². The lowest BCUT2D eigenvalue weighted by Crippen LogP contribution is -2.46. The molecule has 0 aliphatic carbocycles. The first-order chi connectivity index (χ1) is 12.9. The number of anilines is 1. The highest BCUT2D eigenvalue weighted by atomic mass is 35.5. The van der Waals surface area contributed by atoms with E-state index in [0.717, 1.165) is 12.8 Å². The van der Waals surface area contributed by atoms with E-state index < -0.39 is 5.82 Å². The topological polar surface area (TPSA) is 79.3 Å². The number of aryl methyl sites for hydroxylation is 1. The third-order valence-corrected chi connectivity index (χ3v) is 4.75. The van der Waals surface area contributed by atoms with Gasteiger partial charge in [0.15, 0.2) is 0 Å². The van der Waals surface area contributed by atoms with Gasteiger partial charge in [-0.05, 0) is 31.0 Å². The molecular weight excluding hydrogens is 373 g/mol. The van der Waals surface area contributed by atoms with Crippen LogP contribution in [0.4, 0.5) is 10.1 Å². The van der Waals surface area contributed by atoms with Crippen molar-refractivity contribution in [3.63, 3.8) is 0 Å². The second-order valence-corrected chi connectivity index (χ2v) is 7.01. The molecule has 3 rings (SSSR count). The predicted octanol–water partition coefficient (Wildman–Crippen LogP) is 2.05. The van der Waals surface area contributed by atoms with Crippen molar-refractivity contribution in [2.24, 2.45) is 7.05 Å². The van der Waals surface area contributed by atoms with E-state index in [1.54, 1.807) is 17.9 Å². The Morgan fingerprint density at radius 1 is 1.33 bits per heavy atom. The first kappa shape index (κ1) is 19.3. The molecular formula is C18H21ClFN5O2. The molecule has 0 unspecified atom stereocenters. The van der Waals surface area contributed by atoms with Gasteiger partial charge in [-0.25, -0.2) is 4.39 Å². The Hall–Kier alpha value is -2.45. The summed E-state index contributed by atoms with van der Waals surface area (Å²) in [7, 11) is 1.76. The van der Waals surface area contributed by atoms with Crippen LogP contribution < -0.4 is 10.6 Å². The van der Waals surface area contributed by atoms with Crippen LogP contribution in [0.15, 0.2) is 30.6 Å². The number of hydrogen-bond acceptors (Lipinski definition) is 4. The van der Waals surface area contributed by atoms with Gasteiger partial charge in [0.1, 0.15) is 5.82 Å². The maximum Gasteiger partial charge on any atom is 0.254 e. The molecule has 0 saturated carbocycles. The molecule has 1 aromatic heterocycles. The van der Waals surface area contributed by atoms with Crippen LogP contribution in [0.1, 0.15) is 23.2 Å². The minimum absolute atomic E-state index is 0.0297. The number of halogens is 2. The van der Waals surface area contributed by atoms with Crippen molar-refractivity contribution < 1.29 is 14.0 Å². The van der Waals surface area contributed by atoms with Gasteiger partial charge in [-0.2, -0.15) is 5.10 Å². The number of benzene rings is 1. The molecule has 1 saturated heterocycles. The molecule has 144 valence electrons. The summed E-state index contributed by atoms with van der Waals surface area (Å²) in [6, 6.07) is 4.15. The van der Waals surface area contributed by atoms with Gasteiger partial charge >= 0.3 is 0 Å². The largest absolute Gasteiger partial charge is 0.349 e. The van der Waals surface area contributed by atoms with Crippen LogP contribution in [0.2, 0.25) is 5.02 Å². The van der Waals surface area contributed by atoms with Crippen molar-refractivity contribution in [2.45, 2.75) is 18.9 Å². The fraction of sp³-hybridized carbons (Fsp3) is 0.389. The Bertz CT molecular complexity index is 833. The summed E-state index contributed by atoms with van der Waals surface area (Å²) in [5, 5.41) is 9.68. The normalized spacial score (nSPS) is 15.5. The lowest BCUT2D eigenvalue weighted by Gasteiger charge is -2.31. The number of likely N-dealkylation sites (tertiary alicyclic amines) is 1. The van der Waals surface area contributed by atoms with E-state index in [-0.39, 0.29) is 29.4 Å². The number of hydrogen-bond donors (Lipinski definition) is 2. The fourth-order valence-corrected chi connectivity index (χ4v) is 3.20. The average Bonchev–Trinajstić information content (AvgIpc) is 3.06. The molecule has 2 heterocycles. The van der Waals surface area contributed by atoms with Gasteiger partial charge in [0.25, 0.3) is 5.91 Å². The van der Waals surface area contributed by atoms with Crippen LogP contribution in [0.3, 0.4) is 0 Å². The van der Waals surface area contributed by atoms with Crippen LogP contribution in [-0.4, -0.2) is 52.2 Å². The number of amides is 2. The van der Waals surface area contributed by atoms with E-state index >= 15 is 0 Å². The molecule has 9 heteroatoms. The summed E-state index contributed by atoms with van der Waals surface area (Å²) < 4.78 is 14.7. The quantitative estimate of drug-likeness (QED) is 0.814. The molecule has 7 nitrogen and oxygen atoms in total. The standard InChI is InChI=1S/C18H21ClFN5O2/c1-24-10-12(9-21-24)18(27)23-13-4-6-25(7-5-13)11-17(26)22-14-2-3-16(20)15(19)8-14/h2-3,8-10,13H,4-7,11H2,1H3,(H,22,26)(H,23,27).